The lowest BCUT2D eigenvalue weighted by atomic mass is 10.1. The standard InChI is InChI=1S/C23H34NOSi.CHF3O3S/c1-5-12-23(25-26(2,3)4)22-19-24(22,17-20-13-8-6-9-14-20)18-21-15-10-7-11-16-21;2-1(3,4)8(5,6)7/h6-11,13-16,22-23H,5,12,17-19H2,1-4H3;(H,5,6,7)/q+1;/p-1/t22-,23-;/m1./s1. The molecule has 0 N–H and O–H groups in total. The third-order valence-electron chi connectivity index (χ3n) is 5.59. The van der Waals surface area contributed by atoms with Crippen molar-refractivity contribution in [3.05, 3.63) is 71.8 Å². The van der Waals surface area contributed by atoms with Crippen molar-refractivity contribution >= 4 is 18.4 Å². The van der Waals surface area contributed by atoms with Crippen molar-refractivity contribution in [2.75, 3.05) is 6.54 Å². The second-order valence-electron chi connectivity index (χ2n) is 9.71. The molecule has 1 saturated heterocycles. The number of halogens is 3. The summed E-state index contributed by atoms with van der Waals surface area (Å²) in [6, 6.07) is 22.6. The van der Waals surface area contributed by atoms with Gasteiger partial charge in [0.25, 0.3) is 0 Å². The SMILES string of the molecule is CCC[C@@H](O[Si](C)(C)C)[C@H]1C[N+]1(Cc1ccccc1)Cc1ccccc1.O=S(=O)([O-])C(F)(F)F. The van der Waals surface area contributed by atoms with Crippen molar-refractivity contribution in [3.63, 3.8) is 0 Å². The molecule has 2 aromatic carbocycles. The zero-order valence-electron chi connectivity index (χ0n) is 20.1. The van der Waals surface area contributed by atoms with E-state index in [0.717, 1.165) is 17.6 Å². The Morgan fingerprint density at radius 1 is 1.00 bits per heavy atom. The summed E-state index contributed by atoms with van der Waals surface area (Å²) in [4.78, 5) is 0. The molecule has 0 aliphatic carbocycles. The first-order valence-corrected chi connectivity index (χ1v) is 16.1. The lowest BCUT2D eigenvalue weighted by Crippen LogP contribution is -2.40. The Labute approximate surface area is 202 Å². The average molecular weight is 518 g/mol. The Morgan fingerprint density at radius 2 is 1.41 bits per heavy atom. The predicted molar refractivity (Wildman–Crippen MR) is 128 cm³/mol. The molecular formula is C24H34F3NO4SSi. The van der Waals surface area contributed by atoms with Gasteiger partial charge in [-0.15, -0.1) is 0 Å². The molecular weight excluding hydrogens is 483 g/mol. The fourth-order valence-corrected chi connectivity index (χ4v) is 5.36. The van der Waals surface area contributed by atoms with E-state index in [-0.39, 0.29) is 0 Å². The second kappa shape index (κ2) is 11.3. The molecule has 0 amide bonds. The molecule has 0 spiro atoms. The van der Waals surface area contributed by atoms with Gasteiger partial charge in [0.05, 0.1) is 0 Å². The summed E-state index contributed by atoms with van der Waals surface area (Å²) in [5.41, 5.74) is -2.77. The van der Waals surface area contributed by atoms with E-state index < -0.39 is 23.9 Å². The minimum atomic E-state index is -6.09. The van der Waals surface area contributed by atoms with Crippen LogP contribution < -0.4 is 0 Å². The molecule has 2 aromatic rings. The highest BCUT2D eigenvalue weighted by molar-refractivity contribution is 7.86. The first-order chi connectivity index (χ1) is 15.7. The van der Waals surface area contributed by atoms with Crippen LogP contribution in [0.3, 0.4) is 0 Å². The Morgan fingerprint density at radius 3 is 1.74 bits per heavy atom. The summed E-state index contributed by atoms with van der Waals surface area (Å²) in [6.07, 6.45) is 2.78. The molecule has 2 atom stereocenters. The van der Waals surface area contributed by atoms with Crippen molar-refractivity contribution in [1.82, 2.24) is 0 Å². The van der Waals surface area contributed by atoms with E-state index in [9.17, 15) is 13.2 Å². The van der Waals surface area contributed by atoms with Gasteiger partial charge in [-0.25, -0.2) is 8.42 Å². The van der Waals surface area contributed by atoms with Gasteiger partial charge in [0, 0.05) is 11.1 Å². The van der Waals surface area contributed by atoms with Gasteiger partial charge in [0.2, 0.25) is 0 Å². The molecule has 1 aliphatic heterocycles. The van der Waals surface area contributed by atoms with E-state index >= 15 is 0 Å². The van der Waals surface area contributed by atoms with Gasteiger partial charge >= 0.3 is 5.51 Å². The molecule has 3 rings (SSSR count). The zero-order valence-corrected chi connectivity index (χ0v) is 21.9. The maximum Gasteiger partial charge on any atom is 0.485 e. The van der Waals surface area contributed by atoms with Crippen molar-refractivity contribution in [3.8, 4) is 0 Å². The maximum atomic E-state index is 10.7. The van der Waals surface area contributed by atoms with E-state index in [4.69, 9.17) is 17.4 Å². The molecule has 10 heteroatoms. The lowest BCUT2D eigenvalue weighted by molar-refractivity contribution is -0.844. The summed E-state index contributed by atoms with van der Waals surface area (Å²) < 4.78 is 66.7. The average Bonchev–Trinajstić information content (AvgIpc) is 3.40. The van der Waals surface area contributed by atoms with Gasteiger partial charge in [-0.3, -0.25) is 0 Å². The topological polar surface area (TPSA) is 66.4 Å². The van der Waals surface area contributed by atoms with Crippen LogP contribution in [0.15, 0.2) is 60.7 Å². The third kappa shape index (κ3) is 8.81. The molecule has 34 heavy (non-hydrogen) atoms. The predicted octanol–water partition coefficient (Wildman–Crippen LogP) is 5.66. The van der Waals surface area contributed by atoms with E-state index in [1.807, 2.05) is 0 Å². The molecule has 190 valence electrons. The molecule has 1 fully saturated rings. The first kappa shape index (κ1) is 28.5. The van der Waals surface area contributed by atoms with Gasteiger partial charge in [-0.05, 0) is 26.1 Å². The molecule has 5 nitrogen and oxygen atoms in total. The maximum absolute atomic E-state index is 10.7. The van der Waals surface area contributed by atoms with Gasteiger partial charge in [-0.1, -0.05) is 74.0 Å². The number of quaternary nitrogens is 1. The minimum absolute atomic E-state index is 0.402. The highest BCUT2D eigenvalue weighted by Gasteiger charge is 2.59. The summed E-state index contributed by atoms with van der Waals surface area (Å²) in [6.45, 7) is 12.7. The number of hydrogen-bond donors (Lipinski definition) is 0. The number of nitrogens with zero attached hydrogens (tertiary/aromatic N) is 1. The summed E-state index contributed by atoms with van der Waals surface area (Å²) in [7, 11) is -7.63. The van der Waals surface area contributed by atoms with E-state index in [0.29, 0.717) is 12.1 Å². The van der Waals surface area contributed by atoms with Crippen LogP contribution in [0.4, 0.5) is 13.2 Å². The van der Waals surface area contributed by atoms with Crippen LogP contribution >= 0.6 is 0 Å². The first-order valence-electron chi connectivity index (χ1n) is 11.3. The minimum Gasteiger partial charge on any atom is -0.741 e. The molecule has 0 aromatic heterocycles. The fourth-order valence-electron chi connectivity index (χ4n) is 4.18. The van der Waals surface area contributed by atoms with Crippen molar-refractivity contribution in [2.24, 2.45) is 0 Å². The van der Waals surface area contributed by atoms with Gasteiger partial charge < -0.3 is 13.5 Å². The van der Waals surface area contributed by atoms with Gasteiger partial charge in [0.1, 0.15) is 25.7 Å². The largest absolute Gasteiger partial charge is 0.741 e. The summed E-state index contributed by atoms with van der Waals surface area (Å²) >= 11 is 0. The molecule has 0 radical (unpaired) electrons. The third-order valence-corrected chi connectivity index (χ3v) is 7.17. The van der Waals surface area contributed by atoms with Gasteiger partial charge in [0.15, 0.2) is 24.5 Å². The Balaban J connectivity index is 0.000000440. The van der Waals surface area contributed by atoms with Crippen LogP contribution in [0, 0.1) is 0 Å². The molecule has 1 aliphatic rings. The summed E-state index contributed by atoms with van der Waals surface area (Å²) in [5, 5.41) is 0. The fraction of sp³-hybridized carbons (Fsp3) is 0.500. The number of alkyl halides is 3. The van der Waals surface area contributed by atoms with E-state index in [1.54, 1.807) is 0 Å². The smallest absolute Gasteiger partial charge is 0.485 e. The molecule has 0 unspecified atom stereocenters. The number of benzene rings is 2. The number of rotatable bonds is 9. The Kier molecular flexibility index (Phi) is 9.51. The van der Waals surface area contributed by atoms with Gasteiger partial charge in [-0.2, -0.15) is 13.2 Å². The number of hydrogen-bond acceptors (Lipinski definition) is 4. The van der Waals surface area contributed by atoms with Crippen LogP contribution in [-0.2, 0) is 27.6 Å². The van der Waals surface area contributed by atoms with Crippen LogP contribution in [-0.4, -0.2) is 50.0 Å². The van der Waals surface area contributed by atoms with Crippen molar-refractivity contribution in [1.29, 1.82) is 0 Å². The highest BCUT2D eigenvalue weighted by Crippen LogP contribution is 2.41. The second-order valence-corrected chi connectivity index (χ2v) is 15.5. The molecule has 0 saturated carbocycles. The zero-order chi connectivity index (χ0) is 25.6. The van der Waals surface area contributed by atoms with Crippen LogP contribution in [0.2, 0.25) is 19.6 Å². The van der Waals surface area contributed by atoms with E-state index in [1.165, 1.54) is 30.5 Å². The lowest BCUT2D eigenvalue weighted by Gasteiger charge is -2.29. The molecule has 1 heterocycles. The molecule has 0 bridgehead atoms. The van der Waals surface area contributed by atoms with Crippen molar-refractivity contribution in [2.45, 2.75) is 70.2 Å². The van der Waals surface area contributed by atoms with Crippen LogP contribution in [0.5, 0.6) is 0 Å². The Bertz CT molecular complexity index is 955. The van der Waals surface area contributed by atoms with Crippen LogP contribution in [0.25, 0.3) is 0 Å². The normalized spacial score (nSPS) is 18.5. The monoisotopic (exact) mass is 517 g/mol. The van der Waals surface area contributed by atoms with Crippen LogP contribution in [0.1, 0.15) is 30.9 Å². The summed E-state index contributed by atoms with van der Waals surface area (Å²) in [5.74, 6) is 0. The highest BCUT2D eigenvalue weighted by atomic mass is 32.2. The Hall–Kier alpha value is -1.72. The van der Waals surface area contributed by atoms with E-state index in [2.05, 4.69) is 87.2 Å². The quantitative estimate of drug-likeness (QED) is 0.142. The van der Waals surface area contributed by atoms with Crippen molar-refractivity contribution < 1.29 is 35.1 Å².